The zero-order valence-corrected chi connectivity index (χ0v) is 12.6. The topological polar surface area (TPSA) is 61.3 Å². The SMILES string of the molecule is Cn1nc2n(Cc3cccs3)c(=O)c3sccc3n2c1=O. The van der Waals surface area contributed by atoms with Crippen LogP contribution >= 0.6 is 22.7 Å². The maximum Gasteiger partial charge on any atom is 0.351 e. The number of thiophene rings is 2. The summed E-state index contributed by atoms with van der Waals surface area (Å²) < 4.78 is 4.90. The summed E-state index contributed by atoms with van der Waals surface area (Å²) in [5.41, 5.74) is 0.278. The highest BCUT2D eigenvalue weighted by Gasteiger charge is 2.17. The monoisotopic (exact) mass is 318 g/mol. The van der Waals surface area contributed by atoms with Gasteiger partial charge in [-0.2, -0.15) is 0 Å². The number of nitrogens with zero attached hydrogens (tertiary/aromatic N) is 4. The number of hydrogen-bond acceptors (Lipinski definition) is 5. The molecule has 0 saturated carbocycles. The van der Waals surface area contributed by atoms with Crippen molar-refractivity contribution in [3.8, 4) is 0 Å². The van der Waals surface area contributed by atoms with E-state index in [0.717, 1.165) is 4.88 Å². The highest BCUT2D eigenvalue weighted by molar-refractivity contribution is 7.17. The number of aryl methyl sites for hydroxylation is 1. The van der Waals surface area contributed by atoms with Crippen LogP contribution in [0.3, 0.4) is 0 Å². The van der Waals surface area contributed by atoms with E-state index in [-0.39, 0.29) is 11.2 Å². The molecule has 0 aliphatic rings. The molecule has 0 atom stereocenters. The molecule has 0 amide bonds. The fourth-order valence-electron chi connectivity index (χ4n) is 2.39. The number of fused-ring (bicyclic) bond motifs is 3. The van der Waals surface area contributed by atoms with Gasteiger partial charge in [-0.05, 0) is 22.9 Å². The lowest BCUT2D eigenvalue weighted by atomic mass is 10.4. The van der Waals surface area contributed by atoms with Gasteiger partial charge in [-0.1, -0.05) is 6.07 Å². The normalized spacial score (nSPS) is 11.7. The number of hydrogen-bond donors (Lipinski definition) is 0. The van der Waals surface area contributed by atoms with Gasteiger partial charge in [-0.25, -0.2) is 13.9 Å². The van der Waals surface area contributed by atoms with Crippen molar-refractivity contribution in [2.75, 3.05) is 0 Å². The summed E-state index contributed by atoms with van der Waals surface area (Å²) in [7, 11) is 1.59. The van der Waals surface area contributed by atoms with Gasteiger partial charge in [-0.3, -0.25) is 9.36 Å². The Hall–Kier alpha value is -2.19. The summed E-state index contributed by atoms with van der Waals surface area (Å²) in [5.74, 6) is 0.381. The van der Waals surface area contributed by atoms with Crippen LogP contribution in [0.5, 0.6) is 0 Å². The van der Waals surface area contributed by atoms with E-state index < -0.39 is 0 Å². The Morgan fingerprint density at radius 1 is 1.19 bits per heavy atom. The summed E-state index contributed by atoms with van der Waals surface area (Å²) in [6, 6.07) is 5.69. The van der Waals surface area contributed by atoms with Crippen molar-refractivity contribution >= 4 is 38.7 Å². The van der Waals surface area contributed by atoms with Crippen molar-refractivity contribution in [3.05, 3.63) is 54.7 Å². The molecule has 4 rings (SSSR count). The van der Waals surface area contributed by atoms with Crippen LogP contribution in [-0.4, -0.2) is 18.7 Å². The Morgan fingerprint density at radius 3 is 2.81 bits per heavy atom. The maximum atomic E-state index is 12.7. The Kier molecular flexibility index (Phi) is 2.63. The third-order valence-electron chi connectivity index (χ3n) is 3.37. The molecular weight excluding hydrogens is 308 g/mol. The van der Waals surface area contributed by atoms with Crippen molar-refractivity contribution in [1.82, 2.24) is 18.7 Å². The lowest BCUT2D eigenvalue weighted by Crippen LogP contribution is -2.25. The van der Waals surface area contributed by atoms with E-state index >= 15 is 0 Å². The van der Waals surface area contributed by atoms with Crippen LogP contribution < -0.4 is 11.2 Å². The molecular formula is C13H10N4O2S2. The zero-order valence-electron chi connectivity index (χ0n) is 11.0. The van der Waals surface area contributed by atoms with Crippen LogP contribution in [0.2, 0.25) is 0 Å². The zero-order chi connectivity index (χ0) is 14.6. The van der Waals surface area contributed by atoms with Gasteiger partial charge in [0.05, 0.1) is 12.1 Å². The van der Waals surface area contributed by atoms with Gasteiger partial charge in [0.1, 0.15) is 4.70 Å². The maximum absolute atomic E-state index is 12.7. The van der Waals surface area contributed by atoms with Gasteiger partial charge in [0.2, 0.25) is 5.78 Å². The van der Waals surface area contributed by atoms with E-state index in [0.29, 0.717) is 22.5 Å². The van der Waals surface area contributed by atoms with E-state index in [1.54, 1.807) is 29.0 Å². The lowest BCUT2D eigenvalue weighted by Gasteiger charge is -2.06. The van der Waals surface area contributed by atoms with Crippen molar-refractivity contribution in [1.29, 1.82) is 0 Å². The van der Waals surface area contributed by atoms with Crippen LogP contribution in [0.4, 0.5) is 0 Å². The first-order valence-electron chi connectivity index (χ1n) is 6.25. The predicted octanol–water partition coefficient (Wildman–Crippen LogP) is 1.52. The standard InChI is InChI=1S/C13H10N4O2S2/c1-15-13(19)17-9-4-6-21-10(9)11(18)16(12(17)14-15)7-8-3-2-5-20-8/h2-6H,7H2,1H3. The molecule has 21 heavy (non-hydrogen) atoms. The van der Waals surface area contributed by atoms with E-state index in [1.165, 1.54) is 20.4 Å². The minimum absolute atomic E-state index is 0.105. The average molecular weight is 318 g/mol. The van der Waals surface area contributed by atoms with Gasteiger partial charge in [0.15, 0.2) is 0 Å². The second kappa shape index (κ2) is 4.40. The molecule has 106 valence electrons. The molecule has 0 N–H and O–H groups in total. The molecule has 0 aliphatic heterocycles. The van der Waals surface area contributed by atoms with Crippen molar-refractivity contribution < 1.29 is 0 Å². The average Bonchev–Trinajstić information content (AvgIpc) is 3.17. The van der Waals surface area contributed by atoms with Crippen LogP contribution in [-0.2, 0) is 13.6 Å². The third kappa shape index (κ3) is 1.72. The van der Waals surface area contributed by atoms with Gasteiger partial charge in [0, 0.05) is 11.9 Å². The van der Waals surface area contributed by atoms with Gasteiger partial charge in [0.25, 0.3) is 5.56 Å². The molecule has 0 radical (unpaired) electrons. The van der Waals surface area contributed by atoms with E-state index in [4.69, 9.17) is 0 Å². The van der Waals surface area contributed by atoms with Gasteiger partial charge in [-0.15, -0.1) is 27.8 Å². The van der Waals surface area contributed by atoms with Gasteiger partial charge >= 0.3 is 5.69 Å². The summed E-state index contributed by atoms with van der Waals surface area (Å²) in [5, 5.41) is 8.01. The Morgan fingerprint density at radius 2 is 2.05 bits per heavy atom. The smallest absolute Gasteiger partial charge is 0.270 e. The molecule has 0 bridgehead atoms. The van der Waals surface area contributed by atoms with Crippen LogP contribution in [0.25, 0.3) is 16.0 Å². The molecule has 0 fully saturated rings. The summed E-state index contributed by atoms with van der Waals surface area (Å²) in [6.07, 6.45) is 0. The van der Waals surface area contributed by atoms with Crippen LogP contribution in [0, 0.1) is 0 Å². The Bertz CT molecular complexity index is 1070. The molecule has 0 spiro atoms. The molecule has 0 unspecified atom stereocenters. The molecule has 4 aromatic heterocycles. The quantitative estimate of drug-likeness (QED) is 0.563. The van der Waals surface area contributed by atoms with Crippen LogP contribution in [0.1, 0.15) is 4.88 Å². The molecule has 4 heterocycles. The minimum atomic E-state index is -0.242. The highest BCUT2D eigenvalue weighted by atomic mass is 32.1. The lowest BCUT2D eigenvalue weighted by molar-refractivity contribution is 0.722. The molecule has 0 aromatic carbocycles. The van der Waals surface area contributed by atoms with Gasteiger partial charge < -0.3 is 0 Å². The third-order valence-corrected chi connectivity index (χ3v) is 5.12. The van der Waals surface area contributed by atoms with Crippen molar-refractivity contribution in [2.45, 2.75) is 6.54 Å². The first-order valence-corrected chi connectivity index (χ1v) is 8.01. The van der Waals surface area contributed by atoms with E-state index in [9.17, 15) is 9.59 Å². The number of aromatic nitrogens is 4. The first-order chi connectivity index (χ1) is 10.2. The highest BCUT2D eigenvalue weighted by Crippen LogP contribution is 2.18. The fraction of sp³-hybridized carbons (Fsp3) is 0.154. The minimum Gasteiger partial charge on any atom is -0.270 e. The molecule has 0 aliphatic carbocycles. The van der Waals surface area contributed by atoms with Crippen molar-refractivity contribution in [3.63, 3.8) is 0 Å². The van der Waals surface area contributed by atoms with Crippen molar-refractivity contribution in [2.24, 2.45) is 7.05 Å². The Balaban J connectivity index is 2.16. The Labute approximate surface area is 126 Å². The number of rotatable bonds is 2. The predicted molar refractivity (Wildman–Crippen MR) is 83.5 cm³/mol. The summed E-state index contributed by atoms with van der Waals surface area (Å²) >= 11 is 2.92. The van der Waals surface area contributed by atoms with E-state index in [2.05, 4.69) is 5.10 Å². The molecule has 6 nitrogen and oxygen atoms in total. The first kappa shape index (κ1) is 12.5. The second-order valence-electron chi connectivity index (χ2n) is 4.65. The molecule has 4 aromatic rings. The molecule has 8 heteroatoms. The fourth-order valence-corrected chi connectivity index (χ4v) is 3.91. The van der Waals surface area contributed by atoms with Crippen LogP contribution in [0.15, 0.2) is 38.5 Å². The summed E-state index contributed by atoms with van der Waals surface area (Å²) in [6.45, 7) is 0.421. The molecule has 0 saturated heterocycles. The largest absolute Gasteiger partial charge is 0.351 e. The summed E-state index contributed by atoms with van der Waals surface area (Å²) in [4.78, 5) is 26.0. The van der Waals surface area contributed by atoms with E-state index in [1.807, 2.05) is 22.9 Å². The second-order valence-corrected chi connectivity index (χ2v) is 6.60.